The number of carbonyl (C=O) groups excluding carboxylic acids is 2. The SMILES string of the molecule is CCN(C(=O)[C@@H]1CCN(CC(=O)N2CC=C(c3ccc(-c4nc(C)no4)cc3)CC2)C1)c1ccc2[nH]nc(-c3ccc(OC(C)C)nc3)c2c1. The molecule has 2 aromatic carbocycles. The van der Waals surface area contributed by atoms with E-state index in [4.69, 9.17) is 9.26 Å². The third-order valence-corrected chi connectivity index (χ3v) is 9.38. The summed E-state index contributed by atoms with van der Waals surface area (Å²) in [6.07, 6.45) is 5.45. The summed E-state index contributed by atoms with van der Waals surface area (Å²) in [5.74, 6) is 1.68. The number of hydrogen-bond donors (Lipinski definition) is 1. The first-order valence-electron chi connectivity index (χ1n) is 17.3. The average molecular weight is 675 g/mol. The summed E-state index contributed by atoms with van der Waals surface area (Å²) in [6.45, 7) is 11.1. The number of benzene rings is 2. The molecule has 1 fully saturated rings. The van der Waals surface area contributed by atoms with Crippen LogP contribution in [0.4, 0.5) is 5.69 Å². The lowest BCUT2D eigenvalue weighted by Gasteiger charge is -2.29. The van der Waals surface area contributed by atoms with Gasteiger partial charge in [-0.2, -0.15) is 10.1 Å². The lowest BCUT2D eigenvalue weighted by molar-refractivity contribution is -0.132. The Bertz CT molecular complexity index is 2010. The van der Waals surface area contributed by atoms with Crippen molar-refractivity contribution in [2.75, 3.05) is 44.2 Å². The number of pyridine rings is 1. The topological polar surface area (TPSA) is 134 Å². The molecule has 5 heterocycles. The number of anilines is 1. The standard InChI is InChI=1S/C38H42N8O4/c1-5-46(31-11-12-33-32(20-31)36(42-41-33)29-10-13-34(39-21-29)49-24(2)3)38(48)30-14-17-44(22-30)23-35(47)45-18-15-27(16-19-45)26-6-8-28(9-7-26)37-40-25(4)43-50-37/h6-13,15,20-21,24,30H,5,14,16-19,22-23H2,1-4H3,(H,41,42)/t30-/m1/s1. The second kappa shape index (κ2) is 14.2. The molecule has 1 atom stereocenters. The minimum Gasteiger partial charge on any atom is -0.475 e. The van der Waals surface area contributed by atoms with Crippen LogP contribution in [0.25, 0.3) is 39.2 Å². The van der Waals surface area contributed by atoms with Gasteiger partial charge < -0.3 is 19.1 Å². The Labute approximate surface area is 291 Å². The van der Waals surface area contributed by atoms with Crippen molar-refractivity contribution in [2.45, 2.75) is 46.6 Å². The summed E-state index contributed by atoms with van der Waals surface area (Å²) in [5, 5.41) is 12.4. The number of hydrogen-bond acceptors (Lipinski definition) is 9. The van der Waals surface area contributed by atoms with Gasteiger partial charge in [-0.3, -0.25) is 19.6 Å². The molecule has 12 heteroatoms. The first kappa shape index (κ1) is 33.2. The Balaban J connectivity index is 0.953. The van der Waals surface area contributed by atoms with E-state index in [2.05, 4.69) is 48.4 Å². The molecule has 1 saturated heterocycles. The predicted octanol–water partition coefficient (Wildman–Crippen LogP) is 5.76. The largest absolute Gasteiger partial charge is 0.475 e. The van der Waals surface area contributed by atoms with Crippen LogP contribution in [0.5, 0.6) is 5.88 Å². The van der Waals surface area contributed by atoms with E-state index in [1.165, 1.54) is 5.57 Å². The Morgan fingerprint density at radius 3 is 2.54 bits per heavy atom. The van der Waals surface area contributed by atoms with Crippen LogP contribution in [0.3, 0.4) is 0 Å². The van der Waals surface area contributed by atoms with E-state index in [0.717, 1.165) is 58.4 Å². The highest BCUT2D eigenvalue weighted by Gasteiger charge is 2.33. The van der Waals surface area contributed by atoms with Gasteiger partial charge in [0.05, 0.1) is 24.1 Å². The third kappa shape index (κ3) is 7.02. The zero-order chi connectivity index (χ0) is 34.8. The number of H-pyrrole nitrogens is 1. The number of nitrogens with zero attached hydrogens (tertiary/aromatic N) is 7. The van der Waals surface area contributed by atoms with Gasteiger partial charge in [-0.25, -0.2) is 4.98 Å². The van der Waals surface area contributed by atoms with Crippen molar-refractivity contribution in [3.8, 4) is 28.6 Å². The van der Waals surface area contributed by atoms with Crippen molar-refractivity contribution < 1.29 is 18.8 Å². The number of likely N-dealkylation sites (tertiary alicyclic amines) is 1. The first-order valence-corrected chi connectivity index (χ1v) is 17.3. The third-order valence-electron chi connectivity index (χ3n) is 9.38. The molecule has 3 aromatic heterocycles. The zero-order valence-corrected chi connectivity index (χ0v) is 28.9. The van der Waals surface area contributed by atoms with Crippen molar-refractivity contribution in [2.24, 2.45) is 5.92 Å². The highest BCUT2D eigenvalue weighted by Crippen LogP contribution is 2.32. The number of aryl methyl sites for hydroxylation is 1. The Kier molecular flexibility index (Phi) is 9.44. The molecule has 1 N–H and O–H groups in total. The second-order valence-electron chi connectivity index (χ2n) is 13.2. The summed E-state index contributed by atoms with van der Waals surface area (Å²) >= 11 is 0. The van der Waals surface area contributed by atoms with E-state index >= 15 is 0 Å². The van der Waals surface area contributed by atoms with Crippen LogP contribution in [0.15, 0.2) is 71.4 Å². The number of ether oxygens (including phenoxy) is 1. The van der Waals surface area contributed by atoms with E-state index in [1.807, 2.05) is 73.0 Å². The number of aromatic nitrogens is 5. The van der Waals surface area contributed by atoms with E-state index in [9.17, 15) is 9.59 Å². The number of nitrogens with one attached hydrogen (secondary N) is 1. The van der Waals surface area contributed by atoms with Gasteiger partial charge >= 0.3 is 0 Å². The molecule has 0 radical (unpaired) electrons. The van der Waals surface area contributed by atoms with Crippen LogP contribution >= 0.6 is 0 Å². The molecule has 0 spiro atoms. The summed E-state index contributed by atoms with van der Waals surface area (Å²) in [7, 11) is 0. The van der Waals surface area contributed by atoms with Crippen molar-refractivity contribution in [1.29, 1.82) is 0 Å². The quantitative estimate of drug-likeness (QED) is 0.196. The van der Waals surface area contributed by atoms with Crippen LogP contribution < -0.4 is 9.64 Å². The molecule has 0 bridgehead atoms. The van der Waals surface area contributed by atoms with Gasteiger partial charge in [0.1, 0.15) is 5.69 Å². The molecule has 2 aliphatic heterocycles. The van der Waals surface area contributed by atoms with Crippen molar-refractivity contribution in [3.05, 3.63) is 78.3 Å². The molecule has 2 amide bonds. The number of amides is 2. The number of aromatic amines is 1. The van der Waals surface area contributed by atoms with Gasteiger partial charge in [-0.15, -0.1) is 0 Å². The predicted molar refractivity (Wildman–Crippen MR) is 191 cm³/mol. The number of fused-ring (bicyclic) bond motifs is 1. The maximum atomic E-state index is 13.9. The minimum absolute atomic E-state index is 0.0404. The molecular formula is C38H42N8O4. The molecule has 50 heavy (non-hydrogen) atoms. The van der Waals surface area contributed by atoms with E-state index in [-0.39, 0.29) is 23.8 Å². The second-order valence-corrected chi connectivity index (χ2v) is 13.2. The van der Waals surface area contributed by atoms with Crippen LogP contribution in [0.2, 0.25) is 0 Å². The highest BCUT2D eigenvalue weighted by molar-refractivity contribution is 6.00. The lowest BCUT2D eigenvalue weighted by atomic mass is 9.98. The number of rotatable bonds is 10. The fraction of sp³-hybridized carbons (Fsp3) is 0.368. The smallest absolute Gasteiger partial charge is 0.257 e. The zero-order valence-electron chi connectivity index (χ0n) is 28.9. The molecule has 258 valence electrons. The van der Waals surface area contributed by atoms with Crippen molar-refractivity contribution in [1.82, 2.24) is 35.1 Å². The molecule has 2 aliphatic rings. The van der Waals surface area contributed by atoms with Crippen molar-refractivity contribution in [3.63, 3.8) is 0 Å². The van der Waals surface area contributed by atoms with Crippen LogP contribution in [-0.2, 0) is 9.59 Å². The fourth-order valence-corrected chi connectivity index (χ4v) is 6.78. The Hall–Kier alpha value is -5.36. The molecule has 12 nitrogen and oxygen atoms in total. The highest BCUT2D eigenvalue weighted by atomic mass is 16.5. The number of carbonyl (C=O) groups is 2. The summed E-state index contributed by atoms with van der Waals surface area (Å²) in [5.41, 5.74) is 6.57. The van der Waals surface area contributed by atoms with Gasteiger partial charge in [0.25, 0.3) is 5.89 Å². The summed E-state index contributed by atoms with van der Waals surface area (Å²) in [4.78, 5) is 41.8. The molecule has 5 aromatic rings. The van der Waals surface area contributed by atoms with E-state index in [0.29, 0.717) is 50.3 Å². The molecule has 0 aliphatic carbocycles. The molecule has 0 unspecified atom stereocenters. The molecular weight excluding hydrogens is 632 g/mol. The van der Waals surface area contributed by atoms with Gasteiger partial charge in [0, 0.05) is 60.6 Å². The van der Waals surface area contributed by atoms with Gasteiger partial charge in [0.2, 0.25) is 17.7 Å². The van der Waals surface area contributed by atoms with E-state index < -0.39 is 0 Å². The van der Waals surface area contributed by atoms with Gasteiger partial charge in [-0.05, 0) is 94.6 Å². The average Bonchev–Trinajstić information content (AvgIpc) is 3.89. The fourth-order valence-electron chi connectivity index (χ4n) is 6.78. The minimum atomic E-state index is -0.174. The maximum Gasteiger partial charge on any atom is 0.257 e. The Morgan fingerprint density at radius 2 is 1.86 bits per heavy atom. The van der Waals surface area contributed by atoms with Crippen molar-refractivity contribution >= 4 is 34.0 Å². The van der Waals surface area contributed by atoms with Crippen LogP contribution in [0.1, 0.15) is 45.0 Å². The molecule has 7 rings (SSSR count). The van der Waals surface area contributed by atoms with Crippen LogP contribution in [-0.4, -0.2) is 92.3 Å². The van der Waals surface area contributed by atoms with Crippen LogP contribution in [0, 0.1) is 12.8 Å². The monoisotopic (exact) mass is 674 g/mol. The lowest BCUT2D eigenvalue weighted by Crippen LogP contribution is -2.42. The Morgan fingerprint density at radius 1 is 1.06 bits per heavy atom. The summed E-state index contributed by atoms with van der Waals surface area (Å²) in [6, 6.07) is 17.8. The van der Waals surface area contributed by atoms with Gasteiger partial charge in [0.15, 0.2) is 5.82 Å². The maximum absolute atomic E-state index is 13.9. The molecule has 0 saturated carbocycles. The van der Waals surface area contributed by atoms with Gasteiger partial charge in [-0.1, -0.05) is 23.4 Å². The normalized spacial score (nSPS) is 16.6. The van der Waals surface area contributed by atoms with E-state index in [1.54, 1.807) is 13.1 Å². The summed E-state index contributed by atoms with van der Waals surface area (Å²) < 4.78 is 11.0. The first-order chi connectivity index (χ1) is 24.2.